The van der Waals surface area contributed by atoms with E-state index in [0.717, 1.165) is 31.4 Å². The second-order valence-electron chi connectivity index (χ2n) is 8.37. The lowest BCUT2D eigenvalue weighted by Crippen LogP contribution is -2.38. The maximum absolute atomic E-state index is 13.5. The largest absolute Gasteiger partial charge is 0.452 e. The van der Waals surface area contributed by atoms with Gasteiger partial charge in [-0.3, -0.25) is 14.9 Å². The first-order valence-corrected chi connectivity index (χ1v) is 11.1. The minimum Gasteiger partial charge on any atom is -0.452 e. The molecule has 1 fully saturated rings. The number of pyridine rings is 1. The molecule has 0 saturated heterocycles. The summed E-state index contributed by atoms with van der Waals surface area (Å²) < 4.78 is 50.8. The summed E-state index contributed by atoms with van der Waals surface area (Å²) in [5, 5.41) is 6.13. The lowest BCUT2D eigenvalue weighted by molar-refractivity contribution is -0.137. The second kappa shape index (κ2) is 9.85. The maximum atomic E-state index is 13.5. The van der Waals surface area contributed by atoms with Crippen LogP contribution in [0.4, 0.5) is 13.2 Å². The highest BCUT2D eigenvalue weighted by Crippen LogP contribution is 2.37. The van der Waals surface area contributed by atoms with Crippen molar-refractivity contribution in [1.29, 1.82) is 0 Å². The Balaban J connectivity index is 1.57. The lowest BCUT2D eigenvalue weighted by atomic mass is 9.89. The van der Waals surface area contributed by atoms with Crippen LogP contribution < -0.4 is 5.32 Å². The molecular weight excluding hydrogens is 467 g/mol. The number of rotatable bonds is 5. The van der Waals surface area contributed by atoms with Gasteiger partial charge in [-0.1, -0.05) is 42.6 Å². The first kappa shape index (κ1) is 24.4. The number of hydrogen-bond acceptors (Lipinski definition) is 7. The zero-order valence-electron chi connectivity index (χ0n) is 18.8. The fourth-order valence-electron chi connectivity index (χ4n) is 4.20. The summed E-state index contributed by atoms with van der Waals surface area (Å²) in [4.78, 5) is 41.4. The van der Waals surface area contributed by atoms with Crippen molar-refractivity contribution in [2.45, 2.75) is 45.2 Å². The number of amides is 2. The van der Waals surface area contributed by atoms with Crippen LogP contribution in [0.15, 0.2) is 34.9 Å². The van der Waals surface area contributed by atoms with E-state index >= 15 is 0 Å². The minimum absolute atomic E-state index is 0.152. The zero-order chi connectivity index (χ0) is 25.2. The van der Waals surface area contributed by atoms with Gasteiger partial charge in [0.05, 0.1) is 27.9 Å². The molecule has 1 aliphatic carbocycles. The number of aryl methyl sites for hydroxylation is 1. The number of carbonyl (C=O) groups excluding carboxylic acids is 3. The van der Waals surface area contributed by atoms with Crippen molar-refractivity contribution in [3.8, 4) is 11.3 Å². The number of nitrogens with one attached hydrogen (secondary N) is 1. The van der Waals surface area contributed by atoms with E-state index in [1.54, 1.807) is 0 Å². The lowest BCUT2D eigenvalue weighted by Gasteiger charge is -2.20. The van der Waals surface area contributed by atoms with Crippen molar-refractivity contribution in [2.24, 2.45) is 5.92 Å². The van der Waals surface area contributed by atoms with E-state index in [1.165, 1.54) is 25.1 Å². The van der Waals surface area contributed by atoms with E-state index in [9.17, 15) is 27.6 Å². The summed E-state index contributed by atoms with van der Waals surface area (Å²) in [7, 11) is 0. The van der Waals surface area contributed by atoms with Crippen LogP contribution in [0.5, 0.6) is 0 Å². The highest BCUT2D eigenvalue weighted by molar-refractivity contribution is 6.05. The molecule has 4 rings (SSSR count). The smallest absolute Gasteiger partial charge is 0.417 e. The van der Waals surface area contributed by atoms with E-state index in [-0.39, 0.29) is 39.5 Å². The number of imide groups is 1. The Bertz CT molecular complexity index is 1280. The number of hydrogen-bond donors (Lipinski definition) is 1. The van der Waals surface area contributed by atoms with E-state index in [2.05, 4.69) is 15.5 Å². The Morgan fingerprint density at radius 1 is 1.14 bits per heavy atom. The van der Waals surface area contributed by atoms with Crippen molar-refractivity contribution in [3.05, 3.63) is 47.2 Å². The monoisotopic (exact) mass is 489 g/mol. The summed E-state index contributed by atoms with van der Waals surface area (Å²) in [6.45, 7) is 0.795. The minimum atomic E-state index is -4.66. The van der Waals surface area contributed by atoms with Crippen molar-refractivity contribution >= 4 is 28.9 Å². The van der Waals surface area contributed by atoms with E-state index in [4.69, 9.17) is 9.26 Å². The summed E-state index contributed by atoms with van der Waals surface area (Å²) >= 11 is 0. The van der Waals surface area contributed by atoms with Gasteiger partial charge in [-0.15, -0.1) is 0 Å². The van der Waals surface area contributed by atoms with Gasteiger partial charge in [0.25, 0.3) is 11.6 Å². The number of ether oxygens (including phenoxy) is 1. The van der Waals surface area contributed by atoms with Crippen LogP contribution in [-0.2, 0) is 20.5 Å². The Labute approximate surface area is 197 Å². The van der Waals surface area contributed by atoms with E-state index < -0.39 is 36.1 Å². The van der Waals surface area contributed by atoms with Crippen LogP contribution in [0, 0.1) is 12.8 Å². The molecule has 1 aromatic carbocycles. The first-order chi connectivity index (χ1) is 16.6. The van der Waals surface area contributed by atoms with Gasteiger partial charge >= 0.3 is 12.1 Å². The highest BCUT2D eigenvalue weighted by atomic mass is 19.4. The van der Waals surface area contributed by atoms with Gasteiger partial charge in [-0.2, -0.15) is 13.2 Å². The van der Waals surface area contributed by atoms with Gasteiger partial charge < -0.3 is 9.26 Å². The molecule has 0 radical (unpaired) electrons. The van der Waals surface area contributed by atoms with Crippen LogP contribution in [0.1, 0.15) is 53.7 Å². The van der Waals surface area contributed by atoms with Crippen molar-refractivity contribution in [3.63, 3.8) is 0 Å². The topological polar surface area (TPSA) is 111 Å². The van der Waals surface area contributed by atoms with Gasteiger partial charge in [-0.05, 0) is 31.9 Å². The van der Waals surface area contributed by atoms with Gasteiger partial charge in [0.15, 0.2) is 6.61 Å². The van der Waals surface area contributed by atoms with Gasteiger partial charge in [0.1, 0.15) is 0 Å². The number of benzene rings is 1. The summed E-state index contributed by atoms with van der Waals surface area (Å²) in [5.41, 5.74) is -1.42. The molecule has 35 heavy (non-hydrogen) atoms. The molecule has 2 heterocycles. The molecule has 11 heteroatoms. The van der Waals surface area contributed by atoms with Crippen molar-refractivity contribution < 1.29 is 36.8 Å². The Hall–Kier alpha value is -3.76. The number of carbonyl (C=O) groups is 3. The molecular formula is C24H22F3N3O5. The molecule has 0 bridgehead atoms. The third kappa shape index (κ3) is 5.33. The Morgan fingerprint density at radius 3 is 2.57 bits per heavy atom. The van der Waals surface area contributed by atoms with Gasteiger partial charge in [-0.25, -0.2) is 9.78 Å². The molecule has 0 unspecified atom stereocenters. The van der Waals surface area contributed by atoms with Crippen LogP contribution in [0.25, 0.3) is 22.4 Å². The summed E-state index contributed by atoms with van der Waals surface area (Å²) in [6.07, 6.45) is -0.387. The van der Waals surface area contributed by atoms with Crippen LogP contribution >= 0.6 is 0 Å². The number of alkyl halides is 3. The number of aromatic nitrogens is 2. The molecule has 2 amide bonds. The Kier molecular flexibility index (Phi) is 6.86. The van der Waals surface area contributed by atoms with Crippen molar-refractivity contribution in [2.75, 3.05) is 6.61 Å². The molecule has 1 saturated carbocycles. The molecule has 1 N–H and O–H groups in total. The molecule has 0 atom stereocenters. The second-order valence-corrected chi connectivity index (χ2v) is 8.37. The number of esters is 1. The normalized spacial score (nSPS) is 14.6. The average Bonchev–Trinajstić information content (AvgIpc) is 3.22. The summed E-state index contributed by atoms with van der Waals surface area (Å²) in [5.74, 6) is -2.43. The number of nitrogens with zero attached hydrogens (tertiary/aromatic N) is 2. The Morgan fingerprint density at radius 2 is 1.86 bits per heavy atom. The number of halogens is 3. The van der Waals surface area contributed by atoms with Crippen molar-refractivity contribution in [1.82, 2.24) is 15.5 Å². The molecule has 8 nitrogen and oxygen atoms in total. The number of fused-ring (bicyclic) bond motifs is 1. The predicted octanol–water partition coefficient (Wildman–Crippen LogP) is 4.60. The quantitative estimate of drug-likeness (QED) is 0.522. The molecule has 2 aromatic heterocycles. The van der Waals surface area contributed by atoms with Gasteiger partial charge in [0, 0.05) is 11.5 Å². The molecule has 1 aliphatic rings. The molecule has 0 aliphatic heterocycles. The van der Waals surface area contributed by atoms with Gasteiger partial charge in [0.2, 0.25) is 5.91 Å². The average molecular weight is 489 g/mol. The fraction of sp³-hybridized carbons (Fsp3) is 0.375. The predicted molar refractivity (Wildman–Crippen MR) is 117 cm³/mol. The van der Waals surface area contributed by atoms with Crippen LogP contribution in [0.3, 0.4) is 0 Å². The first-order valence-electron chi connectivity index (χ1n) is 11.1. The summed E-state index contributed by atoms with van der Waals surface area (Å²) in [6, 6.07) is 5.92. The third-order valence-electron chi connectivity index (χ3n) is 5.92. The van der Waals surface area contributed by atoms with E-state index in [0.29, 0.717) is 12.8 Å². The fourth-order valence-corrected chi connectivity index (χ4v) is 4.20. The van der Waals surface area contributed by atoms with Crippen LogP contribution in [0.2, 0.25) is 0 Å². The van der Waals surface area contributed by atoms with E-state index in [1.807, 2.05) is 0 Å². The third-order valence-corrected chi connectivity index (χ3v) is 5.92. The molecule has 184 valence electrons. The maximum Gasteiger partial charge on any atom is 0.417 e. The standard InChI is InChI=1S/C24H22F3N3O5/c1-13-20-16(23(33)34-12-19(31)29-21(32)14-7-3-2-4-8-14)11-18(28-22(20)35-30-13)15-9-5-6-10-17(15)24(25,26)27/h5-6,9-11,14H,2-4,7-8,12H2,1H3,(H,29,31,32). The SMILES string of the molecule is Cc1noc2nc(-c3ccccc3C(F)(F)F)cc(C(=O)OCC(=O)NC(=O)C3CCCCC3)c12. The van der Waals surface area contributed by atoms with Crippen LogP contribution in [-0.4, -0.2) is 34.5 Å². The zero-order valence-corrected chi connectivity index (χ0v) is 18.8. The molecule has 3 aromatic rings. The highest BCUT2D eigenvalue weighted by Gasteiger charge is 2.34. The molecule has 0 spiro atoms.